The summed E-state index contributed by atoms with van der Waals surface area (Å²) in [6.07, 6.45) is 0. The van der Waals surface area contributed by atoms with Crippen molar-refractivity contribution in [3.05, 3.63) is 65.0 Å². The summed E-state index contributed by atoms with van der Waals surface area (Å²) in [7, 11) is 2.02. The summed E-state index contributed by atoms with van der Waals surface area (Å²) in [5.74, 6) is -0.154. The van der Waals surface area contributed by atoms with Crippen molar-refractivity contribution in [3.8, 4) is 0 Å². The summed E-state index contributed by atoms with van der Waals surface area (Å²) >= 11 is 0. The minimum absolute atomic E-state index is 0.154. The van der Waals surface area contributed by atoms with Gasteiger partial charge in [-0.15, -0.1) is 0 Å². The Morgan fingerprint density at radius 1 is 1.05 bits per heavy atom. The van der Waals surface area contributed by atoms with E-state index in [1.807, 2.05) is 31.3 Å². The molecule has 0 unspecified atom stereocenters. The predicted molar refractivity (Wildman–Crippen MR) is 77.6 cm³/mol. The Kier molecular flexibility index (Phi) is 4.17. The molecule has 0 aliphatic heterocycles. The molecule has 0 atom stereocenters. The van der Waals surface area contributed by atoms with E-state index in [9.17, 15) is 4.39 Å². The van der Waals surface area contributed by atoms with Gasteiger partial charge in [-0.2, -0.15) is 0 Å². The van der Waals surface area contributed by atoms with Gasteiger partial charge < -0.3 is 10.6 Å². The first-order chi connectivity index (χ1) is 9.10. The lowest BCUT2D eigenvalue weighted by molar-refractivity contribution is 0.617. The average molecular weight is 258 g/mol. The monoisotopic (exact) mass is 258 g/mol. The van der Waals surface area contributed by atoms with E-state index in [0.29, 0.717) is 12.1 Å². The van der Waals surface area contributed by atoms with Crippen molar-refractivity contribution < 1.29 is 4.39 Å². The summed E-state index contributed by atoms with van der Waals surface area (Å²) in [5, 5.41) is 0. The maximum atomic E-state index is 13.2. The van der Waals surface area contributed by atoms with E-state index >= 15 is 0 Å². The van der Waals surface area contributed by atoms with Gasteiger partial charge in [-0.3, -0.25) is 0 Å². The van der Waals surface area contributed by atoms with Crippen LogP contribution in [0.1, 0.15) is 16.7 Å². The molecule has 2 aromatic carbocycles. The second-order valence-corrected chi connectivity index (χ2v) is 4.81. The number of halogens is 1. The van der Waals surface area contributed by atoms with E-state index < -0.39 is 0 Å². The van der Waals surface area contributed by atoms with Gasteiger partial charge in [0, 0.05) is 25.8 Å². The number of hydrogen-bond donors (Lipinski definition) is 1. The van der Waals surface area contributed by atoms with E-state index in [1.165, 1.54) is 6.07 Å². The second kappa shape index (κ2) is 5.85. The molecular formula is C16H19FN2. The molecule has 19 heavy (non-hydrogen) atoms. The first kappa shape index (κ1) is 13.6. The van der Waals surface area contributed by atoms with Gasteiger partial charge in [-0.25, -0.2) is 4.39 Å². The summed E-state index contributed by atoms with van der Waals surface area (Å²) in [6.45, 7) is 3.10. The molecule has 0 fully saturated rings. The van der Waals surface area contributed by atoms with E-state index in [4.69, 9.17) is 5.73 Å². The second-order valence-electron chi connectivity index (χ2n) is 4.81. The summed E-state index contributed by atoms with van der Waals surface area (Å²) in [5.41, 5.74) is 9.61. The lowest BCUT2D eigenvalue weighted by Crippen LogP contribution is -2.16. The topological polar surface area (TPSA) is 29.3 Å². The maximum absolute atomic E-state index is 13.2. The fourth-order valence-corrected chi connectivity index (χ4v) is 2.06. The standard InChI is InChI=1S/C16H19FN2/c1-12-9-14(5-8-16(12)17)11-19(2)15-6-3-13(10-18)4-7-15/h3-9H,10-11,18H2,1-2H3. The van der Waals surface area contributed by atoms with Crippen LogP contribution < -0.4 is 10.6 Å². The van der Waals surface area contributed by atoms with Gasteiger partial charge in [0.15, 0.2) is 0 Å². The van der Waals surface area contributed by atoms with E-state index in [-0.39, 0.29) is 5.82 Å². The number of nitrogens with zero attached hydrogens (tertiary/aromatic N) is 1. The van der Waals surface area contributed by atoms with Gasteiger partial charge in [-0.05, 0) is 41.8 Å². The zero-order valence-electron chi connectivity index (χ0n) is 11.4. The molecular weight excluding hydrogens is 239 g/mol. The van der Waals surface area contributed by atoms with Crippen LogP contribution in [-0.2, 0) is 13.1 Å². The normalized spacial score (nSPS) is 10.5. The van der Waals surface area contributed by atoms with Crippen LogP contribution in [0, 0.1) is 12.7 Å². The highest BCUT2D eigenvalue weighted by atomic mass is 19.1. The SMILES string of the molecule is Cc1cc(CN(C)c2ccc(CN)cc2)ccc1F. The zero-order chi connectivity index (χ0) is 13.8. The van der Waals surface area contributed by atoms with Gasteiger partial charge in [0.05, 0.1) is 0 Å². The smallest absolute Gasteiger partial charge is 0.126 e. The van der Waals surface area contributed by atoms with Crippen LogP contribution in [0.15, 0.2) is 42.5 Å². The molecule has 0 saturated heterocycles. The molecule has 0 aromatic heterocycles. The van der Waals surface area contributed by atoms with Crippen molar-refractivity contribution in [1.29, 1.82) is 0 Å². The first-order valence-electron chi connectivity index (χ1n) is 6.35. The predicted octanol–water partition coefficient (Wildman–Crippen LogP) is 3.23. The number of anilines is 1. The van der Waals surface area contributed by atoms with Crippen LogP contribution in [0.25, 0.3) is 0 Å². The molecule has 0 radical (unpaired) electrons. The van der Waals surface area contributed by atoms with Crippen molar-refractivity contribution in [3.63, 3.8) is 0 Å². The Bertz CT molecular complexity index is 549. The number of rotatable bonds is 4. The van der Waals surface area contributed by atoms with Crippen LogP contribution in [0.4, 0.5) is 10.1 Å². The van der Waals surface area contributed by atoms with E-state index in [1.54, 1.807) is 6.92 Å². The summed E-state index contributed by atoms with van der Waals surface area (Å²) < 4.78 is 13.2. The van der Waals surface area contributed by atoms with E-state index in [2.05, 4.69) is 17.0 Å². The number of nitrogens with two attached hydrogens (primary N) is 1. The maximum Gasteiger partial charge on any atom is 0.126 e. The Labute approximate surface area is 113 Å². The highest BCUT2D eigenvalue weighted by Gasteiger charge is 2.04. The largest absolute Gasteiger partial charge is 0.370 e. The third-order valence-corrected chi connectivity index (χ3v) is 3.25. The number of aryl methyl sites for hydroxylation is 1. The van der Waals surface area contributed by atoms with Crippen LogP contribution in [0.5, 0.6) is 0 Å². The van der Waals surface area contributed by atoms with Crippen LogP contribution >= 0.6 is 0 Å². The number of benzene rings is 2. The average Bonchev–Trinajstić information content (AvgIpc) is 2.43. The first-order valence-corrected chi connectivity index (χ1v) is 6.35. The van der Waals surface area contributed by atoms with Crippen LogP contribution in [-0.4, -0.2) is 7.05 Å². The molecule has 0 spiro atoms. The minimum atomic E-state index is -0.154. The van der Waals surface area contributed by atoms with Crippen LogP contribution in [0.3, 0.4) is 0 Å². The minimum Gasteiger partial charge on any atom is -0.370 e. The van der Waals surface area contributed by atoms with Gasteiger partial charge in [0.2, 0.25) is 0 Å². The third kappa shape index (κ3) is 3.32. The Hall–Kier alpha value is -1.87. The van der Waals surface area contributed by atoms with Crippen molar-refractivity contribution in [2.45, 2.75) is 20.0 Å². The molecule has 0 saturated carbocycles. The Balaban J connectivity index is 2.10. The molecule has 100 valence electrons. The van der Waals surface area contributed by atoms with Gasteiger partial charge in [0.25, 0.3) is 0 Å². The quantitative estimate of drug-likeness (QED) is 0.912. The van der Waals surface area contributed by atoms with Crippen molar-refractivity contribution in [2.75, 3.05) is 11.9 Å². The number of hydrogen-bond acceptors (Lipinski definition) is 2. The van der Waals surface area contributed by atoms with Crippen molar-refractivity contribution in [2.24, 2.45) is 5.73 Å². The Morgan fingerprint density at radius 3 is 2.26 bits per heavy atom. The molecule has 0 heterocycles. The Morgan fingerprint density at radius 2 is 1.68 bits per heavy atom. The van der Waals surface area contributed by atoms with Crippen molar-refractivity contribution in [1.82, 2.24) is 0 Å². The molecule has 3 heteroatoms. The van der Waals surface area contributed by atoms with Gasteiger partial charge in [0.1, 0.15) is 5.82 Å². The molecule has 2 rings (SSSR count). The van der Waals surface area contributed by atoms with Crippen LogP contribution in [0.2, 0.25) is 0 Å². The zero-order valence-corrected chi connectivity index (χ0v) is 11.4. The molecule has 2 N–H and O–H groups in total. The lowest BCUT2D eigenvalue weighted by Gasteiger charge is -2.20. The molecule has 0 bridgehead atoms. The summed E-state index contributed by atoms with van der Waals surface area (Å²) in [4.78, 5) is 2.13. The third-order valence-electron chi connectivity index (χ3n) is 3.25. The fourth-order valence-electron chi connectivity index (χ4n) is 2.06. The highest BCUT2D eigenvalue weighted by Crippen LogP contribution is 2.17. The molecule has 0 aliphatic carbocycles. The van der Waals surface area contributed by atoms with E-state index in [0.717, 1.165) is 23.4 Å². The molecule has 0 amide bonds. The summed E-state index contributed by atoms with van der Waals surface area (Å²) in [6, 6.07) is 13.4. The molecule has 2 nitrogen and oxygen atoms in total. The molecule has 0 aliphatic rings. The van der Waals surface area contributed by atoms with Gasteiger partial charge in [-0.1, -0.05) is 24.3 Å². The molecule has 2 aromatic rings. The van der Waals surface area contributed by atoms with Gasteiger partial charge >= 0.3 is 0 Å². The highest BCUT2D eigenvalue weighted by molar-refractivity contribution is 5.47. The lowest BCUT2D eigenvalue weighted by atomic mass is 10.1. The fraction of sp³-hybridized carbons (Fsp3) is 0.250. The van der Waals surface area contributed by atoms with Crippen molar-refractivity contribution >= 4 is 5.69 Å².